The lowest BCUT2D eigenvalue weighted by Gasteiger charge is -2.05. The molecule has 0 aliphatic heterocycles. The first kappa shape index (κ1) is 32.3. The van der Waals surface area contributed by atoms with Crippen molar-refractivity contribution in [3.05, 3.63) is 60.8 Å². The van der Waals surface area contributed by atoms with Crippen molar-refractivity contribution in [1.29, 1.82) is 0 Å². The lowest BCUT2D eigenvalue weighted by Crippen LogP contribution is -2.25. The number of hydrogen-bond acceptors (Lipinski definition) is 4. The Balaban J connectivity index is 3.46. The van der Waals surface area contributed by atoms with Gasteiger partial charge in [0.15, 0.2) is 0 Å². The van der Waals surface area contributed by atoms with Crippen molar-refractivity contribution < 1.29 is 9.59 Å². The highest BCUT2D eigenvalue weighted by atomic mass is 33.1. The molecule has 0 spiro atoms. The molecular formula is C28H46N2O2S2. The summed E-state index contributed by atoms with van der Waals surface area (Å²) in [6.45, 7) is 5.56. The van der Waals surface area contributed by atoms with Crippen LogP contribution in [-0.2, 0) is 9.59 Å². The minimum Gasteiger partial charge on any atom is -0.355 e. The fourth-order valence-electron chi connectivity index (χ4n) is 2.73. The summed E-state index contributed by atoms with van der Waals surface area (Å²) < 4.78 is 0. The van der Waals surface area contributed by atoms with Gasteiger partial charge in [0.2, 0.25) is 11.8 Å². The van der Waals surface area contributed by atoms with Crippen LogP contribution < -0.4 is 10.6 Å². The molecular weight excluding hydrogens is 460 g/mol. The highest BCUT2D eigenvalue weighted by molar-refractivity contribution is 8.76. The van der Waals surface area contributed by atoms with Gasteiger partial charge in [0.1, 0.15) is 0 Å². The Bertz CT molecular complexity index is 640. The lowest BCUT2D eigenvalue weighted by molar-refractivity contribution is -0.121. The van der Waals surface area contributed by atoms with Gasteiger partial charge >= 0.3 is 0 Å². The van der Waals surface area contributed by atoms with Gasteiger partial charge in [0.25, 0.3) is 0 Å². The number of carbonyl (C=O) groups excluding carboxylic acids is 2. The summed E-state index contributed by atoms with van der Waals surface area (Å²) in [6.07, 6.45) is 30.9. The highest BCUT2D eigenvalue weighted by Crippen LogP contribution is 2.19. The molecule has 4 nitrogen and oxygen atoms in total. The summed E-state index contributed by atoms with van der Waals surface area (Å²) in [7, 11) is 3.47. The van der Waals surface area contributed by atoms with Crippen LogP contribution in [0.5, 0.6) is 0 Å². The topological polar surface area (TPSA) is 58.2 Å². The molecule has 0 fully saturated rings. The molecule has 0 aromatic heterocycles. The normalized spacial score (nSPS) is 12.2. The van der Waals surface area contributed by atoms with Gasteiger partial charge in [-0.2, -0.15) is 0 Å². The first-order valence-corrected chi connectivity index (χ1v) is 15.2. The summed E-state index contributed by atoms with van der Waals surface area (Å²) >= 11 is 0. The van der Waals surface area contributed by atoms with E-state index < -0.39 is 0 Å². The molecule has 0 saturated heterocycles. The molecule has 2 N–H and O–H groups in total. The van der Waals surface area contributed by atoms with E-state index in [1.54, 1.807) is 21.6 Å². The molecule has 0 saturated carbocycles. The third kappa shape index (κ3) is 26.6. The average molecular weight is 507 g/mol. The smallest absolute Gasteiger partial charge is 0.220 e. The van der Waals surface area contributed by atoms with Crippen molar-refractivity contribution in [1.82, 2.24) is 10.6 Å². The van der Waals surface area contributed by atoms with Crippen molar-refractivity contribution in [3.8, 4) is 0 Å². The third-order valence-corrected chi connectivity index (χ3v) is 6.92. The second-order valence-electron chi connectivity index (χ2n) is 7.69. The zero-order chi connectivity index (χ0) is 25.0. The molecule has 34 heavy (non-hydrogen) atoms. The number of allylic oxidation sites excluding steroid dienone is 10. The van der Waals surface area contributed by atoms with Crippen LogP contribution in [0.15, 0.2) is 60.8 Å². The Kier molecular flexibility index (Phi) is 26.2. The van der Waals surface area contributed by atoms with Gasteiger partial charge in [-0.05, 0) is 51.4 Å². The van der Waals surface area contributed by atoms with E-state index in [0.29, 0.717) is 25.9 Å². The summed E-state index contributed by atoms with van der Waals surface area (Å²) in [5, 5.41) is 5.87. The lowest BCUT2D eigenvalue weighted by atomic mass is 10.2. The molecule has 0 atom stereocenters. The van der Waals surface area contributed by atoms with Crippen molar-refractivity contribution in [2.75, 3.05) is 24.6 Å². The van der Waals surface area contributed by atoms with Crippen molar-refractivity contribution in [3.63, 3.8) is 0 Å². The molecule has 0 aromatic rings. The van der Waals surface area contributed by atoms with Crippen LogP contribution in [0.2, 0.25) is 0 Å². The molecule has 0 unspecified atom stereocenters. The van der Waals surface area contributed by atoms with Crippen LogP contribution in [-0.4, -0.2) is 36.4 Å². The molecule has 0 aliphatic rings. The number of unbranched alkanes of at least 4 members (excludes halogenated alkanes) is 1. The Morgan fingerprint density at radius 1 is 0.618 bits per heavy atom. The number of amides is 2. The van der Waals surface area contributed by atoms with E-state index in [4.69, 9.17) is 0 Å². The predicted molar refractivity (Wildman–Crippen MR) is 154 cm³/mol. The Hall–Kier alpha value is -1.66. The molecule has 6 heteroatoms. The van der Waals surface area contributed by atoms with E-state index in [-0.39, 0.29) is 11.8 Å². The fraction of sp³-hybridized carbons (Fsp3) is 0.571. The maximum absolute atomic E-state index is 11.9. The minimum atomic E-state index is 0.129. The number of rotatable bonds is 22. The molecule has 0 rings (SSSR count). The van der Waals surface area contributed by atoms with Crippen LogP contribution in [0.3, 0.4) is 0 Å². The number of nitrogens with one attached hydrogen (secondary N) is 2. The zero-order valence-corrected chi connectivity index (χ0v) is 22.9. The number of carbonyl (C=O) groups is 2. The molecule has 0 aromatic carbocycles. The molecule has 0 bridgehead atoms. The van der Waals surface area contributed by atoms with Gasteiger partial charge in [-0.1, -0.05) is 96.2 Å². The maximum Gasteiger partial charge on any atom is 0.220 e. The van der Waals surface area contributed by atoms with Crippen molar-refractivity contribution in [2.24, 2.45) is 0 Å². The summed E-state index contributed by atoms with van der Waals surface area (Å²) in [5.41, 5.74) is 0. The van der Waals surface area contributed by atoms with E-state index in [1.165, 1.54) is 0 Å². The van der Waals surface area contributed by atoms with Crippen molar-refractivity contribution in [2.45, 2.75) is 78.1 Å². The van der Waals surface area contributed by atoms with Crippen LogP contribution >= 0.6 is 21.6 Å². The van der Waals surface area contributed by atoms with Crippen molar-refractivity contribution >= 4 is 33.4 Å². The first-order valence-electron chi connectivity index (χ1n) is 12.7. The molecule has 0 aliphatic carbocycles. The first-order chi connectivity index (χ1) is 16.7. The fourth-order valence-corrected chi connectivity index (χ4v) is 4.55. The molecule has 2 amide bonds. The maximum atomic E-state index is 11.9. The molecule has 192 valence electrons. The van der Waals surface area contributed by atoms with Crippen LogP contribution in [0.4, 0.5) is 0 Å². The second-order valence-corrected chi connectivity index (χ2v) is 10.4. The van der Waals surface area contributed by atoms with Gasteiger partial charge in [-0.15, -0.1) is 0 Å². The number of hydrogen-bond donors (Lipinski definition) is 2. The van der Waals surface area contributed by atoms with Gasteiger partial charge in [-0.3, -0.25) is 9.59 Å². The van der Waals surface area contributed by atoms with E-state index in [9.17, 15) is 9.59 Å². The van der Waals surface area contributed by atoms with Gasteiger partial charge in [0, 0.05) is 37.4 Å². The van der Waals surface area contributed by atoms with E-state index in [1.807, 2.05) is 6.92 Å². The Morgan fingerprint density at radius 2 is 1.06 bits per heavy atom. The van der Waals surface area contributed by atoms with Gasteiger partial charge < -0.3 is 10.6 Å². The summed E-state index contributed by atoms with van der Waals surface area (Å²) in [5.74, 6) is 2.03. The van der Waals surface area contributed by atoms with Crippen LogP contribution in [0, 0.1) is 0 Å². The van der Waals surface area contributed by atoms with E-state index >= 15 is 0 Å². The summed E-state index contributed by atoms with van der Waals surface area (Å²) in [6, 6.07) is 0. The van der Waals surface area contributed by atoms with Gasteiger partial charge in [0.05, 0.1) is 0 Å². The Morgan fingerprint density at radius 3 is 1.53 bits per heavy atom. The Labute approximate surface area is 216 Å². The van der Waals surface area contributed by atoms with E-state index in [2.05, 4.69) is 78.3 Å². The predicted octanol–water partition coefficient (Wildman–Crippen LogP) is 7.32. The zero-order valence-electron chi connectivity index (χ0n) is 21.3. The standard InChI is InChI=1S/C28H46N2O2S2/c1-3-5-6-7-8-9-10-11-12-13-14-15-16-17-18-19-20-22-28(32)30-24-26-34-33-25-23-29-27(31)21-4-2/h5-6,8-9,11-12,14-15,17-18H,3-4,7,10,13,16,19-26H2,1-2H3,(H,29,31)(H,30,32). The van der Waals surface area contributed by atoms with E-state index in [0.717, 1.165) is 62.9 Å². The van der Waals surface area contributed by atoms with Crippen LogP contribution in [0.1, 0.15) is 78.1 Å². The highest BCUT2D eigenvalue weighted by Gasteiger charge is 2.00. The quantitative estimate of drug-likeness (QED) is 0.0917. The third-order valence-electron chi connectivity index (χ3n) is 4.51. The monoisotopic (exact) mass is 506 g/mol. The van der Waals surface area contributed by atoms with Gasteiger partial charge in [-0.25, -0.2) is 0 Å². The SMILES string of the molecule is CCC=CCC=CCC=CCC=CCC=CCCCC(=O)NCCSSCCNC(=O)CCC. The second kappa shape index (κ2) is 27.6. The van der Waals surface area contributed by atoms with Crippen LogP contribution in [0.25, 0.3) is 0 Å². The largest absolute Gasteiger partial charge is 0.355 e. The average Bonchev–Trinajstić information content (AvgIpc) is 2.83. The molecule has 0 radical (unpaired) electrons. The minimum absolute atomic E-state index is 0.129. The summed E-state index contributed by atoms with van der Waals surface area (Å²) in [4.78, 5) is 23.2. The molecule has 0 heterocycles.